The Bertz CT molecular complexity index is 367. The molecule has 3 N–H and O–H groups in total. The topological polar surface area (TPSA) is 83.6 Å². The fraction of sp³-hybridized carbons (Fsp3) is 0.846. The second-order valence-electron chi connectivity index (χ2n) is 5.80. The molecule has 6 heteroatoms. The van der Waals surface area contributed by atoms with E-state index in [1.807, 2.05) is 0 Å². The third-order valence-corrected chi connectivity index (χ3v) is 5.52. The Labute approximate surface area is 117 Å². The SMILES string of the molecule is CC1CCC(CN)(C(=O)N2CSCC2C(=O)O)CC1. The molecule has 1 unspecified atom stereocenters. The number of hydrogen-bond acceptors (Lipinski definition) is 4. The van der Waals surface area contributed by atoms with Crippen LogP contribution < -0.4 is 5.73 Å². The lowest BCUT2D eigenvalue weighted by Crippen LogP contribution is -2.53. The van der Waals surface area contributed by atoms with Crippen molar-refractivity contribution in [3.63, 3.8) is 0 Å². The minimum atomic E-state index is -0.908. The molecule has 1 aliphatic carbocycles. The maximum atomic E-state index is 12.7. The van der Waals surface area contributed by atoms with Gasteiger partial charge in [-0.3, -0.25) is 4.79 Å². The van der Waals surface area contributed by atoms with E-state index in [1.165, 1.54) is 16.7 Å². The van der Waals surface area contributed by atoms with Crippen molar-refractivity contribution < 1.29 is 14.7 Å². The highest BCUT2D eigenvalue weighted by Gasteiger charge is 2.46. The summed E-state index contributed by atoms with van der Waals surface area (Å²) < 4.78 is 0. The maximum Gasteiger partial charge on any atom is 0.327 e. The highest BCUT2D eigenvalue weighted by molar-refractivity contribution is 7.99. The summed E-state index contributed by atoms with van der Waals surface area (Å²) >= 11 is 1.50. The van der Waals surface area contributed by atoms with E-state index in [4.69, 9.17) is 5.73 Å². The van der Waals surface area contributed by atoms with Crippen molar-refractivity contribution in [3.8, 4) is 0 Å². The van der Waals surface area contributed by atoms with Crippen molar-refractivity contribution in [3.05, 3.63) is 0 Å². The average molecular weight is 286 g/mol. The Morgan fingerprint density at radius 3 is 2.58 bits per heavy atom. The van der Waals surface area contributed by atoms with E-state index in [0.717, 1.165) is 25.7 Å². The van der Waals surface area contributed by atoms with E-state index in [0.29, 0.717) is 24.1 Å². The fourth-order valence-electron chi connectivity index (χ4n) is 2.97. The van der Waals surface area contributed by atoms with Gasteiger partial charge in [0.05, 0.1) is 11.3 Å². The summed E-state index contributed by atoms with van der Waals surface area (Å²) in [5.41, 5.74) is 5.35. The number of hydrogen-bond donors (Lipinski definition) is 2. The van der Waals surface area contributed by atoms with Crippen molar-refractivity contribution in [2.45, 2.75) is 38.6 Å². The smallest absolute Gasteiger partial charge is 0.327 e. The zero-order chi connectivity index (χ0) is 14.0. The van der Waals surface area contributed by atoms with Gasteiger partial charge in [-0.25, -0.2) is 4.79 Å². The van der Waals surface area contributed by atoms with Crippen molar-refractivity contribution >= 4 is 23.6 Å². The minimum absolute atomic E-state index is 0.0423. The molecule has 0 spiro atoms. The van der Waals surface area contributed by atoms with Crippen LogP contribution in [0.3, 0.4) is 0 Å². The molecule has 0 aromatic heterocycles. The van der Waals surface area contributed by atoms with Crippen LogP contribution in [0.1, 0.15) is 32.6 Å². The monoisotopic (exact) mass is 286 g/mol. The molecule has 2 aliphatic rings. The van der Waals surface area contributed by atoms with Gasteiger partial charge in [-0.2, -0.15) is 0 Å². The highest BCUT2D eigenvalue weighted by Crippen LogP contribution is 2.41. The van der Waals surface area contributed by atoms with E-state index >= 15 is 0 Å². The molecule has 1 saturated carbocycles. The summed E-state index contributed by atoms with van der Waals surface area (Å²) in [4.78, 5) is 25.5. The number of thioether (sulfide) groups is 1. The van der Waals surface area contributed by atoms with Crippen LogP contribution in [0.4, 0.5) is 0 Å². The Hall–Kier alpha value is -0.750. The van der Waals surface area contributed by atoms with Crippen LogP contribution in [-0.4, -0.2) is 46.1 Å². The van der Waals surface area contributed by atoms with Crippen LogP contribution in [0.15, 0.2) is 0 Å². The zero-order valence-electron chi connectivity index (χ0n) is 11.3. The molecular weight excluding hydrogens is 264 g/mol. The molecule has 19 heavy (non-hydrogen) atoms. The number of nitrogens with zero attached hydrogens (tertiary/aromatic N) is 1. The largest absolute Gasteiger partial charge is 0.480 e. The number of carbonyl (C=O) groups is 2. The fourth-order valence-corrected chi connectivity index (χ4v) is 4.12. The van der Waals surface area contributed by atoms with E-state index < -0.39 is 17.4 Å². The molecule has 2 fully saturated rings. The van der Waals surface area contributed by atoms with Gasteiger partial charge in [-0.05, 0) is 31.6 Å². The third-order valence-electron chi connectivity index (χ3n) is 4.50. The summed E-state index contributed by atoms with van der Waals surface area (Å²) in [6.45, 7) is 2.52. The Morgan fingerprint density at radius 1 is 1.42 bits per heavy atom. The highest BCUT2D eigenvalue weighted by atomic mass is 32.2. The predicted molar refractivity (Wildman–Crippen MR) is 74.7 cm³/mol. The lowest BCUT2D eigenvalue weighted by molar-refractivity contribution is -0.153. The molecule has 1 aliphatic heterocycles. The second kappa shape index (κ2) is 5.71. The molecule has 0 aromatic rings. The molecule has 1 atom stereocenters. The quantitative estimate of drug-likeness (QED) is 0.812. The van der Waals surface area contributed by atoms with Crippen molar-refractivity contribution in [2.24, 2.45) is 17.1 Å². The van der Waals surface area contributed by atoms with Crippen LogP contribution in [0.2, 0.25) is 0 Å². The number of amides is 1. The standard InChI is InChI=1S/C13H22N2O3S/c1-9-2-4-13(7-14,5-3-9)12(18)15-8-19-6-10(15)11(16)17/h9-10H,2-8,14H2,1H3,(H,16,17). The Kier molecular flexibility index (Phi) is 4.40. The van der Waals surface area contributed by atoms with Gasteiger partial charge in [0.25, 0.3) is 0 Å². The molecule has 0 bridgehead atoms. The summed E-state index contributed by atoms with van der Waals surface area (Å²) in [6.07, 6.45) is 3.58. The molecule has 1 saturated heterocycles. The third kappa shape index (κ3) is 2.74. The molecule has 2 rings (SSSR count). The predicted octanol–water partition coefficient (Wildman–Crippen LogP) is 1.13. The van der Waals surface area contributed by atoms with Gasteiger partial charge < -0.3 is 15.7 Å². The molecule has 0 radical (unpaired) electrons. The number of nitrogens with two attached hydrogens (primary N) is 1. The van der Waals surface area contributed by atoms with Crippen LogP contribution in [0, 0.1) is 11.3 Å². The molecule has 5 nitrogen and oxygen atoms in total. The van der Waals surface area contributed by atoms with E-state index in [9.17, 15) is 14.7 Å². The Balaban J connectivity index is 2.14. The molecular formula is C13H22N2O3S. The zero-order valence-corrected chi connectivity index (χ0v) is 12.1. The van der Waals surface area contributed by atoms with Crippen LogP contribution in [-0.2, 0) is 9.59 Å². The van der Waals surface area contributed by atoms with Crippen LogP contribution in [0.5, 0.6) is 0 Å². The second-order valence-corrected chi connectivity index (χ2v) is 6.80. The van der Waals surface area contributed by atoms with Crippen LogP contribution in [0.25, 0.3) is 0 Å². The van der Waals surface area contributed by atoms with E-state index in [-0.39, 0.29) is 5.91 Å². The summed E-state index contributed by atoms with van der Waals surface area (Å²) in [7, 11) is 0. The normalized spacial score (nSPS) is 35.4. The average Bonchev–Trinajstić information content (AvgIpc) is 2.88. The Morgan fingerprint density at radius 2 is 2.05 bits per heavy atom. The maximum absolute atomic E-state index is 12.7. The van der Waals surface area contributed by atoms with Gasteiger partial charge in [-0.15, -0.1) is 11.8 Å². The van der Waals surface area contributed by atoms with Gasteiger partial charge in [-0.1, -0.05) is 6.92 Å². The summed E-state index contributed by atoms with van der Waals surface area (Å²) in [5.74, 6) is 0.648. The number of aliphatic carboxylic acids is 1. The van der Waals surface area contributed by atoms with Gasteiger partial charge in [0.15, 0.2) is 0 Å². The van der Waals surface area contributed by atoms with Crippen LogP contribution >= 0.6 is 11.8 Å². The lowest BCUT2D eigenvalue weighted by Gasteiger charge is -2.40. The van der Waals surface area contributed by atoms with E-state index in [1.54, 1.807) is 0 Å². The summed E-state index contributed by atoms with van der Waals surface area (Å²) in [5, 5.41) is 9.19. The van der Waals surface area contributed by atoms with Gasteiger partial charge in [0.2, 0.25) is 5.91 Å². The van der Waals surface area contributed by atoms with Gasteiger partial charge in [0.1, 0.15) is 6.04 Å². The number of carboxylic acids is 1. The molecule has 1 amide bonds. The van der Waals surface area contributed by atoms with Gasteiger partial charge in [0, 0.05) is 12.3 Å². The number of carboxylic acid groups (broad SMARTS) is 1. The first-order valence-corrected chi connectivity index (χ1v) is 7.97. The minimum Gasteiger partial charge on any atom is -0.480 e. The van der Waals surface area contributed by atoms with Crippen molar-refractivity contribution in [1.82, 2.24) is 4.90 Å². The molecule has 1 heterocycles. The first-order valence-electron chi connectivity index (χ1n) is 6.82. The van der Waals surface area contributed by atoms with Crippen molar-refractivity contribution in [2.75, 3.05) is 18.2 Å². The molecule has 108 valence electrons. The van der Waals surface area contributed by atoms with Gasteiger partial charge >= 0.3 is 5.97 Å². The number of carbonyl (C=O) groups excluding carboxylic acids is 1. The lowest BCUT2D eigenvalue weighted by atomic mass is 9.70. The van der Waals surface area contributed by atoms with E-state index in [2.05, 4.69) is 6.92 Å². The number of rotatable bonds is 3. The molecule has 0 aromatic carbocycles. The first kappa shape index (κ1) is 14.7. The summed E-state index contributed by atoms with van der Waals surface area (Å²) in [6, 6.07) is -0.680. The first-order chi connectivity index (χ1) is 9.00. The van der Waals surface area contributed by atoms with Crippen molar-refractivity contribution in [1.29, 1.82) is 0 Å².